The average molecular weight is 336 g/mol. The summed E-state index contributed by atoms with van der Waals surface area (Å²) in [6, 6.07) is 0. The van der Waals surface area contributed by atoms with Crippen LogP contribution in [0.4, 0.5) is 0 Å². The highest BCUT2D eigenvalue weighted by Gasteiger charge is 2.45. The first-order chi connectivity index (χ1) is 10.7. The van der Waals surface area contributed by atoms with E-state index in [0.29, 0.717) is 0 Å². The molecule has 5 atom stereocenters. The van der Waals surface area contributed by atoms with Crippen molar-refractivity contribution in [3.05, 3.63) is 0 Å². The van der Waals surface area contributed by atoms with Gasteiger partial charge in [-0.15, -0.1) is 0 Å². The van der Waals surface area contributed by atoms with Gasteiger partial charge >= 0.3 is 17.9 Å². The molecule has 10 nitrogen and oxygen atoms in total. The van der Waals surface area contributed by atoms with Gasteiger partial charge in [-0.2, -0.15) is 0 Å². The molecule has 0 saturated carbocycles. The smallest absolute Gasteiger partial charge is 0.329 e. The minimum absolute atomic E-state index is 0.590. The van der Waals surface area contributed by atoms with Crippen LogP contribution in [0.3, 0.4) is 0 Å². The second-order valence-electron chi connectivity index (χ2n) is 5.05. The summed E-state index contributed by atoms with van der Waals surface area (Å²) >= 11 is 0. The highest BCUT2D eigenvalue weighted by atomic mass is 16.6. The standard InChI is InChI=1S/C13H20O10/c1-6-11(20-3-8(14)15)13(22-5-10(18)19)12(7(2)23-6)21-4-9(16)17/h6-7,11-13H,3-5H2,1-2H3,(H,14,15)(H,16,17)(H,18,19)/t6-,7+,11-,12-,13+/m0/s1. The van der Waals surface area contributed by atoms with Crippen LogP contribution >= 0.6 is 0 Å². The number of aliphatic carboxylic acids is 3. The quantitative estimate of drug-likeness (QED) is 0.488. The van der Waals surface area contributed by atoms with Crippen molar-refractivity contribution in [3.63, 3.8) is 0 Å². The van der Waals surface area contributed by atoms with Crippen LogP contribution in [0.2, 0.25) is 0 Å². The number of hydrogen-bond donors (Lipinski definition) is 3. The van der Waals surface area contributed by atoms with E-state index in [2.05, 4.69) is 0 Å². The van der Waals surface area contributed by atoms with Crippen molar-refractivity contribution >= 4 is 17.9 Å². The Morgan fingerprint density at radius 1 is 0.739 bits per heavy atom. The van der Waals surface area contributed by atoms with E-state index < -0.39 is 68.2 Å². The zero-order valence-electron chi connectivity index (χ0n) is 12.7. The molecule has 0 bridgehead atoms. The molecule has 0 aromatic rings. The molecule has 0 aromatic heterocycles. The lowest BCUT2D eigenvalue weighted by Crippen LogP contribution is -2.59. The Morgan fingerprint density at radius 3 is 1.35 bits per heavy atom. The van der Waals surface area contributed by atoms with Gasteiger partial charge in [0.1, 0.15) is 38.1 Å². The zero-order chi connectivity index (χ0) is 17.6. The third-order valence-corrected chi connectivity index (χ3v) is 3.20. The van der Waals surface area contributed by atoms with Crippen molar-refractivity contribution in [2.24, 2.45) is 0 Å². The molecule has 3 N–H and O–H groups in total. The number of carboxylic acids is 3. The second kappa shape index (κ2) is 8.77. The molecule has 0 aromatic carbocycles. The van der Waals surface area contributed by atoms with Crippen LogP contribution in [0.15, 0.2) is 0 Å². The van der Waals surface area contributed by atoms with Crippen LogP contribution in [0.1, 0.15) is 13.8 Å². The Kier molecular flexibility index (Phi) is 7.36. The van der Waals surface area contributed by atoms with E-state index in [1.54, 1.807) is 13.8 Å². The fourth-order valence-electron chi connectivity index (χ4n) is 2.37. The fraction of sp³-hybridized carbons (Fsp3) is 0.769. The Balaban J connectivity index is 2.90. The lowest BCUT2D eigenvalue weighted by atomic mass is 9.95. The normalized spacial score (nSPS) is 30.8. The highest BCUT2D eigenvalue weighted by Crippen LogP contribution is 2.27. The van der Waals surface area contributed by atoms with Crippen molar-refractivity contribution in [1.29, 1.82) is 0 Å². The lowest BCUT2D eigenvalue weighted by molar-refractivity contribution is -0.250. The van der Waals surface area contributed by atoms with Crippen LogP contribution in [-0.4, -0.2) is 83.6 Å². The van der Waals surface area contributed by atoms with Gasteiger partial charge in [-0.3, -0.25) is 0 Å². The zero-order valence-corrected chi connectivity index (χ0v) is 12.7. The summed E-state index contributed by atoms with van der Waals surface area (Å²) in [5, 5.41) is 26.2. The van der Waals surface area contributed by atoms with Crippen molar-refractivity contribution in [2.75, 3.05) is 19.8 Å². The summed E-state index contributed by atoms with van der Waals surface area (Å²) in [6.45, 7) is 1.31. The summed E-state index contributed by atoms with van der Waals surface area (Å²) in [5.41, 5.74) is 0. The molecule has 1 rings (SSSR count). The Morgan fingerprint density at radius 2 is 1.04 bits per heavy atom. The third kappa shape index (κ3) is 6.10. The molecular formula is C13H20O10. The van der Waals surface area contributed by atoms with Crippen molar-refractivity contribution in [2.45, 2.75) is 44.4 Å². The number of carboxylic acid groups (broad SMARTS) is 3. The molecule has 0 unspecified atom stereocenters. The predicted octanol–water partition coefficient (Wildman–Crippen LogP) is -0.797. The Labute approximate surface area is 131 Å². The van der Waals surface area contributed by atoms with Crippen LogP contribution in [0.25, 0.3) is 0 Å². The monoisotopic (exact) mass is 336 g/mol. The molecule has 0 radical (unpaired) electrons. The fourth-order valence-corrected chi connectivity index (χ4v) is 2.37. The van der Waals surface area contributed by atoms with Gasteiger partial charge in [0.2, 0.25) is 0 Å². The molecule has 10 heteroatoms. The summed E-state index contributed by atoms with van der Waals surface area (Å²) < 4.78 is 21.2. The Hall–Kier alpha value is -1.75. The maximum absolute atomic E-state index is 10.7. The van der Waals surface area contributed by atoms with Gasteiger partial charge in [-0.25, -0.2) is 14.4 Å². The van der Waals surface area contributed by atoms with E-state index in [4.69, 9.17) is 34.3 Å². The van der Waals surface area contributed by atoms with E-state index >= 15 is 0 Å². The minimum atomic E-state index is -1.23. The van der Waals surface area contributed by atoms with Crippen molar-refractivity contribution < 1.29 is 48.7 Å². The van der Waals surface area contributed by atoms with E-state index in [-0.39, 0.29) is 0 Å². The Bertz CT molecular complexity index is 406. The first-order valence-electron chi connectivity index (χ1n) is 6.88. The SMILES string of the molecule is C[C@@H]1O[C@H](C)[C@H](OCC(=O)O)[C@H](OCC(=O)O)[C@H]1OCC(=O)O. The van der Waals surface area contributed by atoms with Crippen LogP contribution in [-0.2, 0) is 33.3 Å². The molecule has 1 fully saturated rings. The molecular weight excluding hydrogens is 316 g/mol. The molecule has 132 valence electrons. The van der Waals surface area contributed by atoms with Crippen LogP contribution < -0.4 is 0 Å². The topological polar surface area (TPSA) is 149 Å². The van der Waals surface area contributed by atoms with Crippen LogP contribution in [0.5, 0.6) is 0 Å². The maximum atomic E-state index is 10.7. The molecule has 0 spiro atoms. The van der Waals surface area contributed by atoms with Gasteiger partial charge in [-0.1, -0.05) is 0 Å². The van der Waals surface area contributed by atoms with Gasteiger partial charge in [0.15, 0.2) is 0 Å². The number of carbonyl (C=O) groups is 3. The molecule has 23 heavy (non-hydrogen) atoms. The van der Waals surface area contributed by atoms with E-state index in [1.165, 1.54) is 0 Å². The van der Waals surface area contributed by atoms with Crippen molar-refractivity contribution in [3.8, 4) is 0 Å². The van der Waals surface area contributed by atoms with Gasteiger partial charge in [-0.05, 0) is 13.8 Å². The first kappa shape index (κ1) is 19.3. The number of rotatable bonds is 9. The summed E-state index contributed by atoms with van der Waals surface area (Å²) in [4.78, 5) is 32.1. The lowest BCUT2D eigenvalue weighted by Gasteiger charge is -2.43. The molecule has 1 aliphatic heterocycles. The van der Waals surface area contributed by atoms with Gasteiger partial charge < -0.3 is 34.3 Å². The summed E-state index contributed by atoms with van der Waals surface area (Å²) in [6.07, 6.45) is -4.00. The predicted molar refractivity (Wildman–Crippen MR) is 72.1 cm³/mol. The van der Waals surface area contributed by atoms with Crippen LogP contribution in [0, 0.1) is 0 Å². The number of hydrogen-bond acceptors (Lipinski definition) is 7. The van der Waals surface area contributed by atoms with Gasteiger partial charge in [0, 0.05) is 0 Å². The summed E-state index contributed by atoms with van der Waals surface area (Å²) in [5.74, 6) is -3.66. The third-order valence-electron chi connectivity index (χ3n) is 3.20. The largest absolute Gasteiger partial charge is 0.480 e. The van der Waals surface area contributed by atoms with E-state index in [0.717, 1.165) is 0 Å². The van der Waals surface area contributed by atoms with Gasteiger partial charge in [0.25, 0.3) is 0 Å². The van der Waals surface area contributed by atoms with Crippen molar-refractivity contribution in [1.82, 2.24) is 0 Å². The summed E-state index contributed by atoms with van der Waals surface area (Å²) in [7, 11) is 0. The molecule has 1 saturated heterocycles. The van der Waals surface area contributed by atoms with Gasteiger partial charge in [0.05, 0.1) is 12.2 Å². The number of ether oxygens (including phenoxy) is 4. The highest BCUT2D eigenvalue weighted by molar-refractivity contribution is 5.68. The molecule has 0 amide bonds. The molecule has 1 heterocycles. The maximum Gasteiger partial charge on any atom is 0.329 e. The second-order valence-corrected chi connectivity index (χ2v) is 5.05. The van der Waals surface area contributed by atoms with E-state index in [9.17, 15) is 14.4 Å². The molecule has 1 aliphatic rings. The average Bonchev–Trinajstić information content (AvgIpc) is 2.42. The minimum Gasteiger partial charge on any atom is -0.480 e. The van der Waals surface area contributed by atoms with E-state index in [1.807, 2.05) is 0 Å². The first-order valence-corrected chi connectivity index (χ1v) is 6.88. The molecule has 0 aliphatic carbocycles.